The fraction of sp³-hybridized carbons (Fsp3) is 0.667. The predicted molar refractivity (Wildman–Crippen MR) is 77.1 cm³/mol. The normalized spacial score (nSPS) is 11.5. The van der Waals surface area contributed by atoms with Gasteiger partial charge in [-0.2, -0.15) is 0 Å². The maximum absolute atomic E-state index is 10.9. The van der Waals surface area contributed by atoms with E-state index in [0.717, 1.165) is 24.9 Å². The second-order valence-corrected chi connectivity index (χ2v) is 4.93. The van der Waals surface area contributed by atoms with Crippen molar-refractivity contribution >= 4 is 5.97 Å². The fourth-order valence-electron chi connectivity index (χ4n) is 2.41. The average Bonchev–Trinajstić information content (AvgIpc) is 2.78. The molecular formula is C15H25NO4. The molecule has 0 amide bonds. The molecule has 1 N–H and O–H groups in total. The maximum atomic E-state index is 10.9. The highest BCUT2D eigenvalue weighted by atomic mass is 16.5. The van der Waals surface area contributed by atoms with Crippen molar-refractivity contribution in [3.8, 4) is 0 Å². The van der Waals surface area contributed by atoms with Gasteiger partial charge >= 0.3 is 5.97 Å². The molecule has 0 saturated carbocycles. The number of aromatic carboxylic acids is 1. The predicted octanol–water partition coefficient (Wildman–Crippen LogP) is 2.92. The molecule has 0 aliphatic carbocycles. The van der Waals surface area contributed by atoms with Gasteiger partial charge in [0.15, 0.2) is 0 Å². The lowest BCUT2D eigenvalue weighted by molar-refractivity contribution is 0.0661. The van der Waals surface area contributed by atoms with Crippen LogP contribution in [0.5, 0.6) is 0 Å². The van der Waals surface area contributed by atoms with E-state index in [1.54, 1.807) is 13.2 Å². The molecule has 0 aromatic carbocycles. The minimum atomic E-state index is -1.02. The monoisotopic (exact) mass is 283 g/mol. The molecule has 0 fully saturated rings. The minimum Gasteiger partial charge on any atom is -0.475 e. The highest BCUT2D eigenvalue weighted by molar-refractivity contribution is 5.84. The van der Waals surface area contributed by atoms with Crippen LogP contribution in [0.2, 0.25) is 0 Å². The zero-order valence-electron chi connectivity index (χ0n) is 12.8. The van der Waals surface area contributed by atoms with Crippen molar-refractivity contribution in [1.82, 2.24) is 4.90 Å². The van der Waals surface area contributed by atoms with Gasteiger partial charge < -0.3 is 14.3 Å². The van der Waals surface area contributed by atoms with E-state index in [1.165, 1.54) is 0 Å². The van der Waals surface area contributed by atoms with Gasteiger partial charge in [0.2, 0.25) is 5.76 Å². The smallest absolute Gasteiger partial charge is 0.371 e. The van der Waals surface area contributed by atoms with Gasteiger partial charge in [-0.05, 0) is 25.8 Å². The summed E-state index contributed by atoms with van der Waals surface area (Å²) < 4.78 is 10.4. The first kappa shape index (κ1) is 16.7. The van der Waals surface area contributed by atoms with Gasteiger partial charge in [-0.3, -0.25) is 4.90 Å². The van der Waals surface area contributed by atoms with Crippen LogP contribution in [0.3, 0.4) is 0 Å². The van der Waals surface area contributed by atoms with Crippen molar-refractivity contribution in [2.24, 2.45) is 0 Å². The Balaban J connectivity index is 2.85. The molecule has 5 nitrogen and oxygen atoms in total. The lowest BCUT2D eigenvalue weighted by Gasteiger charge is -2.30. The number of furan rings is 1. The molecule has 0 saturated heterocycles. The third-order valence-corrected chi connectivity index (χ3v) is 3.65. The summed E-state index contributed by atoms with van der Waals surface area (Å²) in [5, 5.41) is 8.97. The van der Waals surface area contributed by atoms with E-state index in [9.17, 15) is 4.79 Å². The molecule has 0 radical (unpaired) electrons. The molecule has 5 heteroatoms. The number of aryl methyl sites for hydroxylation is 1. The first-order chi connectivity index (χ1) is 9.53. The van der Waals surface area contributed by atoms with Crippen molar-refractivity contribution in [1.29, 1.82) is 0 Å². The summed E-state index contributed by atoms with van der Waals surface area (Å²) in [7, 11) is 1.69. The second-order valence-electron chi connectivity index (χ2n) is 4.93. The molecule has 0 aliphatic heterocycles. The number of carbonyl (C=O) groups is 1. The Morgan fingerprint density at radius 3 is 2.55 bits per heavy atom. The maximum Gasteiger partial charge on any atom is 0.371 e. The molecule has 1 rings (SSSR count). The van der Waals surface area contributed by atoms with Gasteiger partial charge in [-0.15, -0.1) is 0 Å². The van der Waals surface area contributed by atoms with Crippen LogP contribution in [0.25, 0.3) is 0 Å². The summed E-state index contributed by atoms with van der Waals surface area (Å²) in [5.74, 6) is -0.338. The number of hydrogen-bond acceptors (Lipinski definition) is 4. The zero-order valence-corrected chi connectivity index (χ0v) is 12.8. The topological polar surface area (TPSA) is 62.9 Å². The van der Waals surface area contributed by atoms with Gasteiger partial charge in [0.25, 0.3) is 0 Å². The number of methoxy groups -OCH3 is 1. The van der Waals surface area contributed by atoms with Crippen molar-refractivity contribution in [2.75, 3.05) is 20.3 Å². The lowest BCUT2D eigenvalue weighted by Crippen LogP contribution is -2.36. The quantitative estimate of drug-likeness (QED) is 0.755. The summed E-state index contributed by atoms with van der Waals surface area (Å²) in [5.41, 5.74) is 0.936. The van der Waals surface area contributed by atoms with Crippen molar-refractivity contribution in [2.45, 2.75) is 46.2 Å². The molecule has 1 aromatic rings. The average molecular weight is 283 g/mol. The second kappa shape index (κ2) is 8.07. The molecule has 1 heterocycles. The van der Waals surface area contributed by atoms with E-state index in [-0.39, 0.29) is 5.76 Å². The SMILES string of the molecule is CCC(CC)N(CCOC)Cc1cc(C(=O)O)oc1C. The molecule has 0 aliphatic rings. The first-order valence-corrected chi connectivity index (χ1v) is 7.09. The molecule has 20 heavy (non-hydrogen) atoms. The number of ether oxygens (including phenoxy) is 1. The van der Waals surface area contributed by atoms with E-state index in [4.69, 9.17) is 14.3 Å². The van der Waals surface area contributed by atoms with Crippen LogP contribution < -0.4 is 0 Å². The standard InChI is InChI=1S/C15H25NO4/c1-5-13(6-2)16(7-8-19-4)10-12-9-14(15(17)18)20-11(12)3/h9,13H,5-8,10H2,1-4H3,(H,17,18). The number of carboxylic acid groups (broad SMARTS) is 1. The van der Waals surface area contributed by atoms with Crippen LogP contribution >= 0.6 is 0 Å². The molecule has 0 atom stereocenters. The van der Waals surface area contributed by atoms with E-state index in [2.05, 4.69) is 18.7 Å². The third-order valence-electron chi connectivity index (χ3n) is 3.65. The first-order valence-electron chi connectivity index (χ1n) is 7.09. The highest BCUT2D eigenvalue weighted by Crippen LogP contribution is 2.19. The fourth-order valence-corrected chi connectivity index (χ4v) is 2.41. The summed E-state index contributed by atoms with van der Waals surface area (Å²) in [6, 6.07) is 2.09. The Morgan fingerprint density at radius 2 is 2.10 bits per heavy atom. The van der Waals surface area contributed by atoms with E-state index >= 15 is 0 Å². The largest absolute Gasteiger partial charge is 0.475 e. The van der Waals surface area contributed by atoms with Crippen LogP contribution in [-0.2, 0) is 11.3 Å². The van der Waals surface area contributed by atoms with Crippen LogP contribution in [0, 0.1) is 6.92 Å². The number of rotatable bonds is 9. The zero-order chi connectivity index (χ0) is 15.1. The summed E-state index contributed by atoms with van der Waals surface area (Å²) >= 11 is 0. The van der Waals surface area contributed by atoms with Gasteiger partial charge in [-0.25, -0.2) is 4.79 Å². The Labute approximate surface area is 120 Å². The van der Waals surface area contributed by atoms with Gasteiger partial charge in [0.05, 0.1) is 6.61 Å². The molecule has 114 valence electrons. The van der Waals surface area contributed by atoms with Crippen LogP contribution in [0.15, 0.2) is 10.5 Å². The summed E-state index contributed by atoms with van der Waals surface area (Å²) in [6.45, 7) is 8.33. The highest BCUT2D eigenvalue weighted by Gasteiger charge is 2.19. The Morgan fingerprint density at radius 1 is 1.45 bits per heavy atom. The third kappa shape index (κ3) is 4.35. The van der Waals surface area contributed by atoms with E-state index in [0.29, 0.717) is 25.0 Å². The van der Waals surface area contributed by atoms with Crippen LogP contribution in [-0.4, -0.2) is 42.3 Å². The van der Waals surface area contributed by atoms with Gasteiger partial charge in [0.1, 0.15) is 5.76 Å². The molecule has 0 bridgehead atoms. The summed E-state index contributed by atoms with van der Waals surface area (Å²) in [6.07, 6.45) is 2.12. The Bertz CT molecular complexity index is 424. The molecule has 1 aromatic heterocycles. The number of hydrogen-bond donors (Lipinski definition) is 1. The molecular weight excluding hydrogens is 258 g/mol. The Kier molecular flexibility index (Phi) is 6.75. The van der Waals surface area contributed by atoms with E-state index < -0.39 is 5.97 Å². The number of nitrogens with zero attached hydrogens (tertiary/aromatic N) is 1. The van der Waals surface area contributed by atoms with Crippen LogP contribution in [0.4, 0.5) is 0 Å². The van der Waals surface area contributed by atoms with Crippen molar-refractivity contribution < 1.29 is 19.1 Å². The van der Waals surface area contributed by atoms with E-state index in [1.807, 2.05) is 6.92 Å². The molecule has 0 spiro atoms. The Hall–Kier alpha value is -1.33. The van der Waals surface area contributed by atoms with Crippen LogP contribution in [0.1, 0.15) is 48.6 Å². The van der Waals surface area contributed by atoms with Gasteiger partial charge in [0, 0.05) is 31.8 Å². The minimum absolute atomic E-state index is 0.00809. The van der Waals surface area contributed by atoms with Gasteiger partial charge in [-0.1, -0.05) is 13.8 Å². The summed E-state index contributed by atoms with van der Waals surface area (Å²) in [4.78, 5) is 13.3. The van der Waals surface area contributed by atoms with Crippen molar-refractivity contribution in [3.63, 3.8) is 0 Å². The van der Waals surface area contributed by atoms with Crippen molar-refractivity contribution in [3.05, 3.63) is 23.2 Å². The molecule has 0 unspecified atom stereocenters. The number of carboxylic acids is 1. The lowest BCUT2D eigenvalue weighted by atomic mass is 10.1.